The Morgan fingerprint density at radius 1 is 1.06 bits per heavy atom. The summed E-state index contributed by atoms with van der Waals surface area (Å²) >= 11 is 0. The number of hydrogen-bond donors (Lipinski definition) is 0. The van der Waals surface area contributed by atoms with Crippen molar-refractivity contribution in [1.82, 2.24) is 0 Å². The third kappa shape index (κ3) is 2.55. The van der Waals surface area contributed by atoms with Crippen LogP contribution in [0, 0.1) is 11.3 Å². The average Bonchev–Trinajstić information content (AvgIpc) is 2.42. The molecule has 0 heterocycles. The minimum Gasteiger partial charge on any atom is -0.284 e. The molecular weight excluding hydrogens is 224 g/mol. The zero-order valence-corrected chi connectivity index (χ0v) is 9.78. The fourth-order valence-corrected chi connectivity index (χ4v) is 1.77. The summed E-state index contributed by atoms with van der Waals surface area (Å²) < 4.78 is 0. The van der Waals surface area contributed by atoms with Gasteiger partial charge in [-0.2, -0.15) is 5.26 Å². The molecule has 3 nitrogen and oxygen atoms in total. The number of nitrogens with zero attached hydrogens (tertiary/aromatic N) is 2. The molecule has 3 heteroatoms. The molecule has 0 spiro atoms. The number of hydrogen-bond acceptors (Lipinski definition) is 2. The molecule has 0 atom stereocenters. The first-order chi connectivity index (χ1) is 8.85. The first kappa shape index (κ1) is 11.9. The van der Waals surface area contributed by atoms with Crippen LogP contribution in [0.25, 0.3) is 0 Å². The van der Waals surface area contributed by atoms with Crippen molar-refractivity contribution in [2.45, 2.75) is 6.42 Å². The van der Waals surface area contributed by atoms with Crippen LogP contribution in [0.4, 0.5) is 11.4 Å². The van der Waals surface area contributed by atoms with Crippen LogP contribution < -0.4 is 4.90 Å². The summed E-state index contributed by atoms with van der Waals surface area (Å²) in [6.07, 6.45) is 1.12. The smallest absolute Gasteiger partial charge is 0.218 e. The Bertz CT molecular complexity index is 573. The quantitative estimate of drug-likeness (QED) is 0.766. The lowest BCUT2D eigenvalue weighted by Crippen LogP contribution is -2.13. The van der Waals surface area contributed by atoms with Crippen LogP contribution in [-0.4, -0.2) is 6.41 Å². The number of nitriles is 1. The highest BCUT2D eigenvalue weighted by molar-refractivity contribution is 5.86. The van der Waals surface area contributed by atoms with Crippen molar-refractivity contribution in [3.63, 3.8) is 0 Å². The number of anilines is 2. The standard InChI is InChI=1S/C15H12N2O/c16-10-9-13-5-4-8-15(11-13)17(12-18)14-6-2-1-3-7-14/h1-8,11-12H,9H2. The van der Waals surface area contributed by atoms with Crippen LogP contribution in [0.3, 0.4) is 0 Å². The predicted octanol–water partition coefficient (Wildman–Crippen LogP) is 3.05. The van der Waals surface area contributed by atoms with Gasteiger partial charge in [0.05, 0.1) is 12.5 Å². The van der Waals surface area contributed by atoms with Gasteiger partial charge in [0.25, 0.3) is 0 Å². The average molecular weight is 236 g/mol. The molecule has 2 aromatic rings. The van der Waals surface area contributed by atoms with Crippen molar-refractivity contribution < 1.29 is 4.79 Å². The largest absolute Gasteiger partial charge is 0.284 e. The number of rotatable bonds is 4. The summed E-state index contributed by atoms with van der Waals surface area (Å²) in [6.45, 7) is 0. The normalized spacial score (nSPS) is 9.50. The van der Waals surface area contributed by atoms with Crippen molar-refractivity contribution in [3.8, 4) is 6.07 Å². The van der Waals surface area contributed by atoms with Crippen molar-refractivity contribution in [1.29, 1.82) is 5.26 Å². The SMILES string of the molecule is N#CCc1cccc(N(C=O)c2ccccc2)c1. The first-order valence-corrected chi connectivity index (χ1v) is 5.60. The molecule has 0 fully saturated rings. The molecule has 88 valence electrons. The molecule has 2 rings (SSSR count). The Labute approximate surface area is 106 Å². The van der Waals surface area contributed by atoms with E-state index in [1.54, 1.807) is 4.90 Å². The maximum Gasteiger partial charge on any atom is 0.218 e. The molecule has 1 amide bonds. The summed E-state index contributed by atoms with van der Waals surface area (Å²) in [5.41, 5.74) is 2.48. The van der Waals surface area contributed by atoms with Gasteiger partial charge in [0.15, 0.2) is 0 Å². The maximum absolute atomic E-state index is 11.2. The molecular formula is C15H12N2O. The van der Waals surface area contributed by atoms with Crippen LogP contribution in [0.15, 0.2) is 54.6 Å². The van der Waals surface area contributed by atoms with Gasteiger partial charge in [0.2, 0.25) is 6.41 Å². The van der Waals surface area contributed by atoms with Gasteiger partial charge in [-0.05, 0) is 29.8 Å². The molecule has 0 aliphatic heterocycles. The van der Waals surface area contributed by atoms with Gasteiger partial charge in [-0.15, -0.1) is 0 Å². The molecule has 0 saturated carbocycles. The van der Waals surface area contributed by atoms with Crippen molar-refractivity contribution in [2.75, 3.05) is 4.90 Å². The van der Waals surface area contributed by atoms with Gasteiger partial charge in [-0.25, -0.2) is 0 Å². The summed E-state index contributed by atoms with van der Waals surface area (Å²) in [5.74, 6) is 0. The second kappa shape index (κ2) is 5.65. The van der Waals surface area contributed by atoms with Gasteiger partial charge in [-0.1, -0.05) is 30.3 Å². The van der Waals surface area contributed by atoms with E-state index >= 15 is 0 Å². The van der Waals surface area contributed by atoms with Crippen molar-refractivity contribution in [3.05, 3.63) is 60.2 Å². The van der Waals surface area contributed by atoms with Crippen LogP contribution in [0.2, 0.25) is 0 Å². The van der Waals surface area contributed by atoms with E-state index in [2.05, 4.69) is 6.07 Å². The molecule has 0 bridgehead atoms. The van der Waals surface area contributed by atoms with E-state index < -0.39 is 0 Å². The Hall–Kier alpha value is -2.60. The predicted molar refractivity (Wildman–Crippen MR) is 70.4 cm³/mol. The molecule has 0 aromatic heterocycles. The van der Waals surface area contributed by atoms with E-state index in [-0.39, 0.29) is 0 Å². The zero-order chi connectivity index (χ0) is 12.8. The van der Waals surface area contributed by atoms with E-state index in [0.717, 1.165) is 23.3 Å². The summed E-state index contributed by atoms with van der Waals surface area (Å²) in [5, 5.41) is 8.69. The first-order valence-electron chi connectivity index (χ1n) is 5.60. The van der Waals surface area contributed by atoms with Crippen molar-refractivity contribution >= 4 is 17.8 Å². The number of amides is 1. The van der Waals surface area contributed by atoms with Gasteiger partial charge >= 0.3 is 0 Å². The molecule has 18 heavy (non-hydrogen) atoms. The van der Waals surface area contributed by atoms with Crippen LogP contribution in [-0.2, 0) is 11.2 Å². The highest BCUT2D eigenvalue weighted by Crippen LogP contribution is 2.24. The molecule has 0 saturated heterocycles. The highest BCUT2D eigenvalue weighted by Gasteiger charge is 2.07. The van der Waals surface area contributed by atoms with E-state index in [1.807, 2.05) is 54.6 Å². The maximum atomic E-state index is 11.2. The topological polar surface area (TPSA) is 44.1 Å². The third-order valence-electron chi connectivity index (χ3n) is 2.61. The van der Waals surface area contributed by atoms with Gasteiger partial charge in [-0.3, -0.25) is 9.69 Å². The summed E-state index contributed by atoms with van der Waals surface area (Å²) in [4.78, 5) is 12.8. The Kier molecular flexibility index (Phi) is 3.72. The van der Waals surface area contributed by atoms with Crippen molar-refractivity contribution in [2.24, 2.45) is 0 Å². The Morgan fingerprint density at radius 2 is 1.78 bits per heavy atom. The van der Waals surface area contributed by atoms with Crippen LogP contribution in [0.1, 0.15) is 5.56 Å². The van der Waals surface area contributed by atoms with Gasteiger partial charge in [0, 0.05) is 11.4 Å². The van der Waals surface area contributed by atoms with E-state index in [4.69, 9.17) is 5.26 Å². The molecule has 0 aliphatic carbocycles. The van der Waals surface area contributed by atoms with E-state index in [0.29, 0.717) is 6.42 Å². The van der Waals surface area contributed by atoms with E-state index in [9.17, 15) is 4.79 Å². The van der Waals surface area contributed by atoms with Gasteiger partial charge in [0.1, 0.15) is 0 Å². The number of benzene rings is 2. The number of para-hydroxylation sites is 1. The lowest BCUT2D eigenvalue weighted by molar-refractivity contribution is -0.106. The third-order valence-corrected chi connectivity index (χ3v) is 2.61. The highest BCUT2D eigenvalue weighted by atomic mass is 16.1. The monoisotopic (exact) mass is 236 g/mol. The Morgan fingerprint density at radius 3 is 2.44 bits per heavy atom. The second-order valence-electron chi connectivity index (χ2n) is 3.82. The van der Waals surface area contributed by atoms with Gasteiger partial charge < -0.3 is 0 Å². The zero-order valence-electron chi connectivity index (χ0n) is 9.78. The summed E-state index contributed by atoms with van der Waals surface area (Å²) in [7, 11) is 0. The van der Waals surface area contributed by atoms with E-state index in [1.165, 1.54) is 0 Å². The lowest BCUT2D eigenvalue weighted by Gasteiger charge is -2.17. The second-order valence-corrected chi connectivity index (χ2v) is 3.82. The lowest BCUT2D eigenvalue weighted by atomic mass is 10.1. The minimum atomic E-state index is 0.343. The molecule has 0 radical (unpaired) electrons. The molecule has 0 unspecified atom stereocenters. The number of carbonyl (C=O) groups excluding carboxylic acids is 1. The molecule has 0 N–H and O–H groups in total. The minimum absolute atomic E-state index is 0.343. The fraction of sp³-hybridized carbons (Fsp3) is 0.0667. The summed E-state index contributed by atoms with van der Waals surface area (Å²) in [6, 6.07) is 18.9. The Balaban J connectivity index is 2.37. The molecule has 2 aromatic carbocycles. The van der Waals surface area contributed by atoms with Crippen LogP contribution in [0.5, 0.6) is 0 Å². The van der Waals surface area contributed by atoms with Crippen LogP contribution >= 0.6 is 0 Å². The molecule has 0 aliphatic rings. The fourth-order valence-electron chi connectivity index (χ4n) is 1.77. The number of carbonyl (C=O) groups is 1.